The van der Waals surface area contributed by atoms with Gasteiger partial charge in [-0.3, -0.25) is 4.79 Å². The fourth-order valence-corrected chi connectivity index (χ4v) is 2.61. The summed E-state index contributed by atoms with van der Waals surface area (Å²) in [6.45, 7) is 2.67. The second-order valence-corrected chi connectivity index (χ2v) is 5.16. The highest BCUT2D eigenvalue weighted by molar-refractivity contribution is 5.82. The number of nitrogens with one attached hydrogen (secondary N) is 1. The predicted molar refractivity (Wildman–Crippen MR) is 67.7 cm³/mol. The van der Waals surface area contributed by atoms with Crippen LogP contribution < -0.4 is 11.1 Å². The summed E-state index contributed by atoms with van der Waals surface area (Å²) < 4.78 is 5.07. The van der Waals surface area contributed by atoms with Crippen LogP contribution in [0.25, 0.3) is 0 Å². The Labute approximate surface area is 107 Å². The van der Waals surface area contributed by atoms with Gasteiger partial charge in [-0.15, -0.1) is 0 Å². The van der Waals surface area contributed by atoms with Gasteiger partial charge in [0.1, 0.15) is 0 Å². The van der Waals surface area contributed by atoms with Crippen LogP contribution in [0.4, 0.5) is 0 Å². The summed E-state index contributed by atoms with van der Waals surface area (Å²) in [6, 6.07) is 1.83. The van der Waals surface area contributed by atoms with Gasteiger partial charge >= 0.3 is 0 Å². The SMILES string of the molecule is Cc1cc(CNC(=O)C2(CN)CCCCC2)on1. The minimum atomic E-state index is -0.368. The lowest BCUT2D eigenvalue weighted by atomic mass is 9.73. The first kappa shape index (κ1) is 13.1. The lowest BCUT2D eigenvalue weighted by Crippen LogP contribution is -2.46. The highest BCUT2D eigenvalue weighted by atomic mass is 16.5. The molecule has 1 fully saturated rings. The molecular weight excluding hydrogens is 230 g/mol. The number of nitrogens with two attached hydrogens (primary N) is 1. The van der Waals surface area contributed by atoms with Crippen molar-refractivity contribution in [2.45, 2.75) is 45.6 Å². The standard InChI is InChI=1S/C13H21N3O2/c1-10-7-11(18-16-10)8-15-12(17)13(9-14)5-3-2-4-6-13/h7H,2-6,8-9,14H2,1H3,(H,15,17). The second-order valence-electron chi connectivity index (χ2n) is 5.16. The molecule has 100 valence electrons. The minimum absolute atomic E-state index is 0.0544. The summed E-state index contributed by atoms with van der Waals surface area (Å²) in [6.07, 6.45) is 5.17. The van der Waals surface area contributed by atoms with Crippen LogP contribution in [-0.2, 0) is 11.3 Å². The van der Waals surface area contributed by atoms with Crippen molar-refractivity contribution in [1.82, 2.24) is 10.5 Å². The Morgan fingerprint density at radius 1 is 1.50 bits per heavy atom. The van der Waals surface area contributed by atoms with Crippen molar-refractivity contribution in [3.8, 4) is 0 Å². The Bertz CT molecular complexity index is 408. The van der Waals surface area contributed by atoms with Gasteiger partial charge in [0.05, 0.1) is 17.7 Å². The Kier molecular flexibility index (Phi) is 4.01. The predicted octanol–water partition coefficient (Wildman–Crippen LogP) is 1.51. The number of carbonyl (C=O) groups is 1. The molecule has 1 saturated carbocycles. The fraction of sp³-hybridized carbons (Fsp3) is 0.692. The number of nitrogens with zero attached hydrogens (tertiary/aromatic N) is 1. The smallest absolute Gasteiger partial charge is 0.227 e. The molecule has 5 heteroatoms. The highest BCUT2D eigenvalue weighted by Crippen LogP contribution is 2.35. The van der Waals surface area contributed by atoms with Gasteiger partial charge in [0.25, 0.3) is 0 Å². The Hall–Kier alpha value is -1.36. The number of aromatic nitrogens is 1. The summed E-state index contributed by atoms with van der Waals surface area (Å²) in [4.78, 5) is 12.3. The molecule has 1 aromatic rings. The van der Waals surface area contributed by atoms with E-state index in [-0.39, 0.29) is 11.3 Å². The molecule has 1 amide bonds. The van der Waals surface area contributed by atoms with E-state index in [0.29, 0.717) is 18.8 Å². The average molecular weight is 251 g/mol. The van der Waals surface area contributed by atoms with E-state index < -0.39 is 0 Å². The number of amides is 1. The maximum absolute atomic E-state index is 12.3. The van der Waals surface area contributed by atoms with Crippen molar-refractivity contribution in [2.75, 3.05) is 6.54 Å². The van der Waals surface area contributed by atoms with Crippen LogP contribution in [0.5, 0.6) is 0 Å². The maximum atomic E-state index is 12.3. The van der Waals surface area contributed by atoms with E-state index in [0.717, 1.165) is 31.4 Å². The Morgan fingerprint density at radius 2 is 2.22 bits per heavy atom. The summed E-state index contributed by atoms with van der Waals surface area (Å²) in [5.41, 5.74) is 6.27. The zero-order valence-corrected chi connectivity index (χ0v) is 10.9. The van der Waals surface area contributed by atoms with E-state index in [2.05, 4.69) is 10.5 Å². The minimum Gasteiger partial charge on any atom is -0.359 e. The molecule has 1 aliphatic rings. The van der Waals surface area contributed by atoms with E-state index >= 15 is 0 Å². The summed E-state index contributed by atoms with van der Waals surface area (Å²) in [5.74, 6) is 0.739. The topological polar surface area (TPSA) is 81.2 Å². The van der Waals surface area contributed by atoms with E-state index in [9.17, 15) is 4.79 Å². The molecule has 0 saturated heterocycles. The van der Waals surface area contributed by atoms with Crippen molar-refractivity contribution in [3.05, 3.63) is 17.5 Å². The summed E-state index contributed by atoms with van der Waals surface area (Å²) in [7, 11) is 0. The Morgan fingerprint density at radius 3 is 2.78 bits per heavy atom. The van der Waals surface area contributed by atoms with Gasteiger partial charge in [-0.05, 0) is 19.8 Å². The van der Waals surface area contributed by atoms with Crippen LogP contribution >= 0.6 is 0 Å². The van der Waals surface area contributed by atoms with Crippen molar-refractivity contribution < 1.29 is 9.32 Å². The van der Waals surface area contributed by atoms with E-state index in [1.165, 1.54) is 6.42 Å². The van der Waals surface area contributed by atoms with E-state index in [4.69, 9.17) is 10.3 Å². The van der Waals surface area contributed by atoms with Gasteiger partial charge in [-0.1, -0.05) is 24.4 Å². The third kappa shape index (κ3) is 2.72. The molecule has 0 aromatic carbocycles. The first-order valence-corrected chi connectivity index (χ1v) is 6.57. The largest absolute Gasteiger partial charge is 0.359 e. The third-order valence-corrected chi connectivity index (χ3v) is 3.78. The number of hydrogen-bond acceptors (Lipinski definition) is 4. The first-order chi connectivity index (χ1) is 8.66. The zero-order valence-electron chi connectivity index (χ0n) is 10.9. The lowest BCUT2D eigenvalue weighted by Gasteiger charge is -2.34. The molecule has 0 spiro atoms. The zero-order chi connectivity index (χ0) is 13.0. The second kappa shape index (κ2) is 5.52. The van der Waals surface area contributed by atoms with Crippen molar-refractivity contribution in [2.24, 2.45) is 11.1 Å². The maximum Gasteiger partial charge on any atom is 0.227 e. The van der Waals surface area contributed by atoms with Gasteiger partial charge in [0.2, 0.25) is 5.91 Å². The van der Waals surface area contributed by atoms with Crippen molar-refractivity contribution in [3.63, 3.8) is 0 Å². The molecule has 0 unspecified atom stereocenters. The van der Waals surface area contributed by atoms with Crippen LogP contribution in [0.3, 0.4) is 0 Å². The van der Waals surface area contributed by atoms with Gasteiger partial charge in [-0.25, -0.2) is 0 Å². The van der Waals surface area contributed by atoms with Crippen molar-refractivity contribution >= 4 is 5.91 Å². The highest BCUT2D eigenvalue weighted by Gasteiger charge is 2.37. The normalized spacial score (nSPS) is 18.6. The van der Waals surface area contributed by atoms with Gasteiger partial charge in [0, 0.05) is 12.6 Å². The molecule has 1 heterocycles. The first-order valence-electron chi connectivity index (χ1n) is 6.57. The van der Waals surface area contributed by atoms with Crippen LogP contribution in [0.1, 0.15) is 43.6 Å². The van der Waals surface area contributed by atoms with Gasteiger partial charge in [0.15, 0.2) is 5.76 Å². The molecule has 1 aliphatic carbocycles. The Balaban J connectivity index is 1.93. The number of aryl methyl sites for hydroxylation is 1. The third-order valence-electron chi connectivity index (χ3n) is 3.78. The molecule has 5 nitrogen and oxygen atoms in total. The molecule has 18 heavy (non-hydrogen) atoms. The number of rotatable bonds is 4. The van der Waals surface area contributed by atoms with Crippen LogP contribution in [-0.4, -0.2) is 17.6 Å². The average Bonchev–Trinajstić information content (AvgIpc) is 2.82. The molecule has 2 rings (SSSR count). The van der Waals surface area contributed by atoms with E-state index in [1.54, 1.807) is 0 Å². The summed E-state index contributed by atoms with van der Waals surface area (Å²) >= 11 is 0. The monoisotopic (exact) mass is 251 g/mol. The molecule has 0 bridgehead atoms. The summed E-state index contributed by atoms with van der Waals surface area (Å²) in [5, 5.41) is 6.71. The molecule has 1 aromatic heterocycles. The lowest BCUT2D eigenvalue weighted by molar-refractivity contribution is -0.132. The molecule has 0 aliphatic heterocycles. The van der Waals surface area contributed by atoms with Crippen LogP contribution in [0, 0.1) is 12.3 Å². The van der Waals surface area contributed by atoms with Crippen LogP contribution in [0.2, 0.25) is 0 Å². The molecule has 0 radical (unpaired) electrons. The van der Waals surface area contributed by atoms with Crippen molar-refractivity contribution in [1.29, 1.82) is 0 Å². The van der Waals surface area contributed by atoms with Crippen LogP contribution in [0.15, 0.2) is 10.6 Å². The quantitative estimate of drug-likeness (QED) is 0.850. The van der Waals surface area contributed by atoms with Gasteiger partial charge < -0.3 is 15.6 Å². The number of hydrogen-bond donors (Lipinski definition) is 2. The number of carbonyl (C=O) groups excluding carboxylic acids is 1. The molecule has 3 N–H and O–H groups in total. The fourth-order valence-electron chi connectivity index (χ4n) is 2.61. The van der Waals surface area contributed by atoms with Gasteiger partial charge in [-0.2, -0.15) is 0 Å². The molecule has 0 atom stereocenters. The molecular formula is C13H21N3O2. The van der Waals surface area contributed by atoms with E-state index in [1.807, 2.05) is 13.0 Å².